The smallest absolute Gasteiger partial charge is 0.0896 e. The first kappa shape index (κ1) is 14.3. The van der Waals surface area contributed by atoms with Gasteiger partial charge in [0.15, 0.2) is 0 Å². The molecule has 102 valence electrons. The van der Waals surface area contributed by atoms with E-state index >= 15 is 0 Å². The van der Waals surface area contributed by atoms with Crippen molar-refractivity contribution in [1.29, 1.82) is 0 Å². The van der Waals surface area contributed by atoms with Gasteiger partial charge in [0.25, 0.3) is 0 Å². The number of nitrogens with one attached hydrogen (secondary N) is 1. The number of nitrogens with two attached hydrogens (primary N) is 1. The molecule has 3 N–H and O–H groups in total. The summed E-state index contributed by atoms with van der Waals surface area (Å²) >= 11 is 7.88. The lowest BCUT2D eigenvalue weighted by molar-refractivity contribution is -0.0798. The van der Waals surface area contributed by atoms with Crippen LogP contribution in [0.15, 0.2) is 11.4 Å². The molecule has 0 saturated heterocycles. The molecule has 3 nitrogen and oxygen atoms in total. The minimum Gasteiger partial charge on any atom is -0.376 e. The van der Waals surface area contributed by atoms with Crippen LogP contribution in [0, 0.1) is 5.92 Å². The van der Waals surface area contributed by atoms with E-state index in [9.17, 15) is 0 Å². The summed E-state index contributed by atoms with van der Waals surface area (Å²) in [6.07, 6.45) is 4.49. The van der Waals surface area contributed by atoms with Gasteiger partial charge in [-0.2, -0.15) is 0 Å². The van der Waals surface area contributed by atoms with Crippen molar-refractivity contribution in [2.45, 2.75) is 44.2 Å². The van der Waals surface area contributed by atoms with Crippen molar-refractivity contribution in [1.82, 2.24) is 5.43 Å². The van der Waals surface area contributed by atoms with Crippen molar-refractivity contribution in [2.24, 2.45) is 11.8 Å². The number of hydrogen-bond acceptors (Lipinski definition) is 4. The summed E-state index contributed by atoms with van der Waals surface area (Å²) in [7, 11) is 1.78. The van der Waals surface area contributed by atoms with E-state index in [4.69, 9.17) is 22.2 Å². The van der Waals surface area contributed by atoms with Crippen LogP contribution in [0.25, 0.3) is 0 Å². The predicted molar refractivity (Wildman–Crippen MR) is 76.8 cm³/mol. The van der Waals surface area contributed by atoms with Crippen LogP contribution in [-0.4, -0.2) is 12.7 Å². The number of ether oxygens (including phenoxy) is 1. The van der Waals surface area contributed by atoms with Gasteiger partial charge in [-0.25, -0.2) is 5.43 Å². The fourth-order valence-electron chi connectivity index (χ4n) is 3.09. The van der Waals surface area contributed by atoms with Crippen LogP contribution < -0.4 is 11.3 Å². The molecule has 1 aliphatic rings. The first-order valence-electron chi connectivity index (χ1n) is 6.37. The van der Waals surface area contributed by atoms with E-state index in [1.54, 1.807) is 18.4 Å². The first-order chi connectivity index (χ1) is 8.63. The van der Waals surface area contributed by atoms with Crippen molar-refractivity contribution in [3.8, 4) is 0 Å². The summed E-state index contributed by atoms with van der Waals surface area (Å²) in [5.74, 6) is 6.45. The number of thiophene rings is 1. The molecule has 2 rings (SSSR count). The lowest BCUT2D eigenvalue weighted by atomic mass is 9.74. The molecule has 3 unspecified atom stereocenters. The van der Waals surface area contributed by atoms with E-state index in [1.807, 2.05) is 11.4 Å². The third-order valence-electron chi connectivity index (χ3n) is 4.00. The van der Waals surface area contributed by atoms with Crippen LogP contribution in [0.2, 0.25) is 5.02 Å². The predicted octanol–water partition coefficient (Wildman–Crippen LogP) is 3.50. The Hall–Kier alpha value is -0.130. The van der Waals surface area contributed by atoms with Crippen LogP contribution in [0.1, 0.15) is 43.5 Å². The average molecular weight is 289 g/mol. The van der Waals surface area contributed by atoms with Gasteiger partial charge in [0.1, 0.15) is 0 Å². The molecule has 0 amide bonds. The van der Waals surface area contributed by atoms with Gasteiger partial charge in [-0.1, -0.05) is 31.4 Å². The highest BCUT2D eigenvalue weighted by molar-refractivity contribution is 7.10. The van der Waals surface area contributed by atoms with E-state index < -0.39 is 0 Å². The van der Waals surface area contributed by atoms with E-state index in [0.717, 1.165) is 22.7 Å². The van der Waals surface area contributed by atoms with E-state index in [-0.39, 0.29) is 11.6 Å². The zero-order chi connectivity index (χ0) is 13.2. The fraction of sp³-hybridized carbons (Fsp3) is 0.692. The van der Waals surface area contributed by atoms with Gasteiger partial charge >= 0.3 is 0 Å². The van der Waals surface area contributed by atoms with Crippen LogP contribution >= 0.6 is 22.9 Å². The van der Waals surface area contributed by atoms with Gasteiger partial charge < -0.3 is 4.74 Å². The molecule has 18 heavy (non-hydrogen) atoms. The van der Waals surface area contributed by atoms with Crippen LogP contribution in [0.4, 0.5) is 0 Å². The van der Waals surface area contributed by atoms with Crippen molar-refractivity contribution in [3.63, 3.8) is 0 Å². The standard InChI is InChI=1S/C13H21ClN2OS/c1-9-4-3-6-13(8-9,17-2)12(16-15)11-10(14)5-7-18-11/h5,7,9,12,16H,3-4,6,8,15H2,1-2H3. The average Bonchev–Trinajstić information content (AvgIpc) is 2.77. The maximum Gasteiger partial charge on any atom is 0.0896 e. The second-order valence-electron chi connectivity index (χ2n) is 5.20. The van der Waals surface area contributed by atoms with Crippen LogP contribution in [-0.2, 0) is 4.74 Å². The molecule has 0 aromatic carbocycles. The molecule has 1 aliphatic carbocycles. The summed E-state index contributed by atoms with van der Waals surface area (Å²) in [6.45, 7) is 2.27. The van der Waals surface area contributed by atoms with Crippen molar-refractivity contribution in [2.75, 3.05) is 7.11 Å². The summed E-state index contributed by atoms with van der Waals surface area (Å²) in [4.78, 5) is 1.08. The minimum atomic E-state index is -0.235. The Morgan fingerprint density at radius 3 is 2.94 bits per heavy atom. The zero-order valence-corrected chi connectivity index (χ0v) is 12.5. The molecule has 0 bridgehead atoms. The Morgan fingerprint density at radius 1 is 1.67 bits per heavy atom. The van der Waals surface area contributed by atoms with E-state index in [1.165, 1.54) is 12.8 Å². The molecule has 1 saturated carbocycles. The van der Waals surface area contributed by atoms with Crippen LogP contribution in [0.3, 0.4) is 0 Å². The molecule has 3 atom stereocenters. The molecule has 1 fully saturated rings. The van der Waals surface area contributed by atoms with E-state index in [0.29, 0.717) is 5.92 Å². The zero-order valence-electron chi connectivity index (χ0n) is 10.9. The van der Waals surface area contributed by atoms with Crippen molar-refractivity contribution >= 4 is 22.9 Å². The molecular weight excluding hydrogens is 268 g/mol. The molecule has 1 heterocycles. The molecule has 0 radical (unpaired) electrons. The quantitative estimate of drug-likeness (QED) is 0.658. The SMILES string of the molecule is COC1(C(NN)c2sccc2Cl)CCCC(C)C1. The van der Waals surface area contributed by atoms with Gasteiger partial charge in [-0.05, 0) is 30.2 Å². The molecular formula is C13H21ClN2OS. The highest BCUT2D eigenvalue weighted by atomic mass is 35.5. The Labute approximate surface area is 118 Å². The summed E-state index contributed by atoms with van der Waals surface area (Å²) in [6, 6.07) is 1.89. The Kier molecular flexibility index (Phi) is 4.67. The third-order valence-corrected chi connectivity index (χ3v) is 5.42. The molecule has 1 aromatic rings. The Morgan fingerprint density at radius 2 is 2.44 bits per heavy atom. The number of rotatable bonds is 4. The number of hydrogen-bond donors (Lipinski definition) is 2. The maximum absolute atomic E-state index is 6.25. The topological polar surface area (TPSA) is 47.3 Å². The van der Waals surface area contributed by atoms with Gasteiger partial charge in [0.2, 0.25) is 0 Å². The summed E-state index contributed by atoms with van der Waals surface area (Å²) < 4.78 is 5.89. The second-order valence-corrected chi connectivity index (χ2v) is 6.56. The number of hydrazine groups is 1. The normalized spacial score (nSPS) is 30.3. The molecule has 0 spiro atoms. The van der Waals surface area contributed by atoms with Crippen molar-refractivity contribution in [3.05, 3.63) is 21.3 Å². The van der Waals surface area contributed by atoms with Gasteiger partial charge in [-0.3, -0.25) is 5.84 Å². The minimum absolute atomic E-state index is 0.0299. The second kappa shape index (κ2) is 5.88. The number of halogens is 1. The fourth-order valence-corrected chi connectivity index (χ4v) is 4.42. The van der Waals surface area contributed by atoms with Gasteiger partial charge in [-0.15, -0.1) is 11.3 Å². The van der Waals surface area contributed by atoms with Gasteiger partial charge in [0, 0.05) is 12.0 Å². The summed E-state index contributed by atoms with van der Waals surface area (Å²) in [5, 5.41) is 2.77. The third kappa shape index (κ3) is 2.58. The van der Waals surface area contributed by atoms with Crippen LogP contribution in [0.5, 0.6) is 0 Å². The first-order valence-corrected chi connectivity index (χ1v) is 7.63. The largest absolute Gasteiger partial charge is 0.376 e. The highest BCUT2D eigenvalue weighted by Gasteiger charge is 2.43. The Bertz CT molecular complexity index is 398. The molecule has 1 aromatic heterocycles. The summed E-state index contributed by atoms with van der Waals surface area (Å²) in [5.41, 5.74) is 2.69. The maximum atomic E-state index is 6.25. The van der Waals surface area contributed by atoms with E-state index in [2.05, 4.69) is 12.3 Å². The van der Waals surface area contributed by atoms with Gasteiger partial charge in [0.05, 0.1) is 16.7 Å². The number of methoxy groups -OCH3 is 1. The lowest BCUT2D eigenvalue weighted by Crippen LogP contribution is -2.50. The highest BCUT2D eigenvalue weighted by Crippen LogP contribution is 2.45. The Balaban J connectivity index is 2.32. The van der Waals surface area contributed by atoms with Crippen molar-refractivity contribution < 1.29 is 4.74 Å². The molecule has 5 heteroatoms. The molecule has 0 aliphatic heterocycles. The lowest BCUT2D eigenvalue weighted by Gasteiger charge is -2.44. The monoisotopic (exact) mass is 288 g/mol.